The molecule has 0 aromatic rings. The summed E-state index contributed by atoms with van der Waals surface area (Å²) in [4.78, 5) is 0. The number of hydrogen-bond acceptors (Lipinski definition) is 1. The van der Waals surface area contributed by atoms with Gasteiger partial charge in [-0.15, -0.1) is 0 Å². The van der Waals surface area contributed by atoms with Crippen molar-refractivity contribution in [3.8, 4) is 0 Å². The molecule has 0 amide bonds. The van der Waals surface area contributed by atoms with Crippen LogP contribution in [0.2, 0.25) is 0 Å². The van der Waals surface area contributed by atoms with Crippen LogP contribution in [0.5, 0.6) is 0 Å². The second-order valence-corrected chi connectivity index (χ2v) is 5.99. The van der Waals surface area contributed by atoms with E-state index in [-0.39, 0.29) is 0 Å². The molecular weight excluding hydrogens is 184 g/mol. The van der Waals surface area contributed by atoms with Crippen LogP contribution in [0.15, 0.2) is 0 Å². The van der Waals surface area contributed by atoms with Gasteiger partial charge in [-0.25, -0.2) is 0 Å². The molecule has 0 saturated heterocycles. The van der Waals surface area contributed by atoms with Gasteiger partial charge in [-0.05, 0) is 37.0 Å². The van der Waals surface area contributed by atoms with Gasteiger partial charge in [0.2, 0.25) is 0 Å². The summed E-state index contributed by atoms with van der Waals surface area (Å²) in [6.45, 7) is 16.4. The lowest BCUT2D eigenvalue weighted by Gasteiger charge is -2.44. The summed E-state index contributed by atoms with van der Waals surface area (Å²) >= 11 is 0. The van der Waals surface area contributed by atoms with Crippen molar-refractivity contribution in [2.45, 2.75) is 73.8 Å². The second-order valence-electron chi connectivity index (χ2n) is 5.99. The Labute approximate surface area is 96.6 Å². The average Bonchev–Trinajstić information content (AvgIpc) is 2.02. The van der Waals surface area contributed by atoms with E-state index >= 15 is 0 Å². The first-order valence-corrected chi connectivity index (χ1v) is 6.46. The predicted octanol–water partition coefficient (Wildman–Crippen LogP) is 4.65. The minimum Gasteiger partial charge on any atom is -0.378 e. The molecule has 0 atom stereocenters. The largest absolute Gasteiger partial charge is 0.378 e. The van der Waals surface area contributed by atoms with Crippen LogP contribution in [0.3, 0.4) is 0 Å². The maximum Gasteiger partial charge on any atom is 0.0585 e. The fourth-order valence-electron chi connectivity index (χ4n) is 3.10. The fraction of sp³-hybridized carbons (Fsp3) is 1.00. The summed E-state index contributed by atoms with van der Waals surface area (Å²) in [5, 5.41) is 0. The van der Waals surface area contributed by atoms with E-state index in [2.05, 4.69) is 34.6 Å². The van der Waals surface area contributed by atoms with E-state index in [9.17, 15) is 0 Å². The van der Waals surface area contributed by atoms with Crippen LogP contribution in [0.25, 0.3) is 0 Å². The van der Waals surface area contributed by atoms with Crippen molar-refractivity contribution in [2.75, 3.05) is 6.61 Å². The van der Waals surface area contributed by atoms with Gasteiger partial charge < -0.3 is 4.74 Å². The van der Waals surface area contributed by atoms with Gasteiger partial charge in [-0.1, -0.05) is 41.5 Å². The van der Waals surface area contributed by atoms with Crippen molar-refractivity contribution >= 4 is 0 Å². The summed E-state index contributed by atoms with van der Waals surface area (Å²) < 4.78 is 5.75. The van der Waals surface area contributed by atoms with Crippen LogP contribution in [0.1, 0.15) is 67.7 Å². The van der Waals surface area contributed by atoms with Crippen molar-refractivity contribution in [1.82, 2.24) is 0 Å². The quantitative estimate of drug-likeness (QED) is 0.650. The van der Waals surface area contributed by atoms with E-state index in [1.165, 1.54) is 19.3 Å². The molecule has 0 radical (unpaired) electrons. The van der Waals surface area contributed by atoms with E-state index < -0.39 is 0 Å². The van der Waals surface area contributed by atoms with E-state index in [4.69, 9.17) is 4.74 Å². The molecule has 0 unspecified atom stereocenters. The first-order valence-electron chi connectivity index (χ1n) is 6.46. The van der Waals surface area contributed by atoms with Gasteiger partial charge in [0.05, 0.1) is 6.10 Å². The van der Waals surface area contributed by atoms with Crippen LogP contribution in [0, 0.1) is 10.8 Å². The molecule has 1 heteroatoms. The molecule has 0 spiro atoms. The Morgan fingerprint density at radius 2 is 1.40 bits per heavy atom. The second kappa shape index (κ2) is 5.89. The Kier molecular flexibility index (Phi) is 5.87. The molecule has 1 aliphatic carbocycles. The first-order chi connectivity index (χ1) is 6.85. The summed E-state index contributed by atoms with van der Waals surface area (Å²) in [6.07, 6.45) is 4.27. The average molecular weight is 214 g/mol. The van der Waals surface area contributed by atoms with Crippen molar-refractivity contribution in [2.24, 2.45) is 10.8 Å². The summed E-state index contributed by atoms with van der Waals surface area (Å²) in [7, 11) is 0. The van der Waals surface area contributed by atoms with Crippen molar-refractivity contribution in [1.29, 1.82) is 0 Å². The standard InChI is InChI=1S/C12H24O.C2H6/c1-6-13-10-7-11(2,3)9-12(4,5)8-10;1-2/h10H,6-9H2,1-5H3;1-2H3. The highest BCUT2D eigenvalue weighted by atomic mass is 16.5. The Hall–Kier alpha value is -0.0400. The third-order valence-corrected chi connectivity index (χ3v) is 2.92. The third kappa shape index (κ3) is 5.55. The highest BCUT2D eigenvalue weighted by Crippen LogP contribution is 2.46. The molecular formula is C14H30O. The van der Waals surface area contributed by atoms with E-state index in [0.29, 0.717) is 16.9 Å². The Morgan fingerprint density at radius 3 is 1.73 bits per heavy atom. The summed E-state index contributed by atoms with van der Waals surface area (Å²) in [6, 6.07) is 0. The fourth-order valence-corrected chi connectivity index (χ4v) is 3.10. The minimum absolute atomic E-state index is 0.460. The van der Waals surface area contributed by atoms with Crippen LogP contribution >= 0.6 is 0 Å². The molecule has 15 heavy (non-hydrogen) atoms. The molecule has 1 nitrogen and oxygen atoms in total. The molecule has 0 aromatic carbocycles. The van der Waals surface area contributed by atoms with Gasteiger partial charge in [0, 0.05) is 6.61 Å². The molecule has 1 saturated carbocycles. The van der Waals surface area contributed by atoms with Gasteiger partial charge in [0.1, 0.15) is 0 Å². The van der Waals surface area contributed by atoms with Crippen LogP contribution in [0.4, 0.5) is 0 Å². The lowest BCUT2D eigenvalue weighted by atomic mass is 9.64. The van der Waals surface area contributed by atoms with Crippen molar-refractivity contribution in [3.63, 3.8) is 0 Å². The summed E-state index contributed by atoms with van der Waals surface area (Å²) in [5.74, 6) is 0. The highest BCUT2D eigenvalue weighted by Gasteiger charge is 2.38. The van der Waals surface area contributed by atoms with E-state index in [0.717, 1.165) is 6.61 Å². The maximum absolute atomic E-state index is 5.75. The van der Waals surface area contributed by atoms with Crippen LogP contribution < -0.4 is 0 Å². The topological polar surface area (TPSA) is 9.23 Å². The highest BCUT2D eigenvalue weighted by molar-refractivity contribution is 4.89. The summed E-state index contributed by atoms with van der Waals surface area (Å²) in [5.41, 5.74) is 0.920. The molecule has 0 aliphatic heterocycles. The minimum atomic E-state index is 0.460. The van der Waals surface area contributed by atoms with E-state index in [1.54, 1.807) is 0 Å². The Morgan fingerprint density at radius 1 is 1.00 bits per heavy atom. The number of hydrogen-bond donors (Lipinski definition) is 0. The molecule has 0 aromatic heterocycles. The smallest absolute Gasteiger partial charge is 0.0585 e. The predicted molar refractivity (Wildman–Crippen MR) is 68.2 cm³/mol. The zero-order chi connectivity index (χ0) is 12.1. The zero-order valence-corrected chi connectivity index (χ0v) is 11.8. The van der Waals surface area contributed by atoms with Crippen molar-refractivity contribution < 1.29 is 4.74 Å². The maximum atomic E-state index is 5.75. The van der Waals surface area contributed by atoms with Crippen molar-refractivity contribution in [3.05, 3.63) is 0 Å². The molecule has 0 heterocycles. The van der Waals surface area contributed by atoms with Gasteiger partial charge in [0.25, 0.3) is 0 Å². The molecule has 92 valence electrons. The normalized spacial score (nSPS) is 24.2. The lowest BCUT2D eigenvalue weighted by Crippen LogP contribution is -2.37. The lowest BCUT2D eigenvalue weighted by molar-refractivity contribution is -0.0444. The monoisotopic (exact) mass is 214 g/mol. The Balaban J connectivity index is 0.000000921. The van der Waals surface area contributed by atoms with E-state index in [1.807, 2.05) is 13.8 Å². The Bertz CT molecular complexity index is 154. The molecule has 1 fully saturated rings. The molecule has 0 N–H and O–H groups in total. The van der Waals surface area contributed by atoms with Gasteiger partial charge in [-0.2, -0.15) is 0 Å². The zero-order valence-electron chi connectivity index (χ0n) is 11.8. The van der Waals surface area contributed by atoms with Crippen LogP contribution in [-0.2, 0) is 4.74 Å². The number of ether oxygens (including phenoxy) is 1. The van der Waals surface area contributed by atoms with Gasteiger partial charge >= 0.3 is 0 Å². The third-order valence-electron chi connectivity index (χ3n) is 2.92. The van der Waals surface area contributed by atoms with Crippen LogP contribution in [-0.4, -0.2) is 12.7 Å². The molecule has 0 bridgehead atoms. The van der Waals surface area contributed by atoms with Gasteiger partial charge in [0.15, 0.2) is 0 Å². The van der Waals surface area contributed by atoms with Gasteiger partial charge in [-0.3, -0.25) is 0 Å². The molecule has 1 rings (SSSR count). The molecule has 1 aliphatic rings. The SMILES string of the molecule is CC.CCOC1CC(C)(C)CC(C)(C)C1. The number of rotatable bonds is 2. The first kappa shape index (κ1) is 15.0.